The van der Waals surface area contributed by atoms with E-state index in [0.717, 1.165) is 4.57 Å². The Hall–Kier alpha value is -5.29. The van der Waals surface area contributed by atoms with Crippen LogP contribution in [0, 0.1) is 0 Å². The SMILES string of the molecule is C[C@@]1(OC(=O)c2ccccc2)[C@H](OC(=O)c2ccccc2)[C@@H](COC(=O)c2ccccc2)O[C@H]1n1ccc(N)nc1=O. The van der Waals surface area contributed by atoms with Gasteiger partial charge in [0.15, 0.2) is 17.9 Å². The maximum Gasteiger partial charge on any atom is 0.351 e. The Bertz CT molecular complexity index is 1630. The standard InChI is InChI=1S/C31H27N3O8/c1-31(42-28(37)22-15-9-4-10-16-22)25(41-27(36)21-13-7-3-8-14-21)23(19-39-26(35)20-11-5-2-6-12-20)40-29(31)34-18-17-24(32)33-30(34)38/h2-18,23,25,29H,19H2,1H3,(H2,32,33,38)/t23-,25-,29-,31-/m1/s1. The third-order valence-electron chi connectivity index (χ3n) is 6.75. The smallest absolute Gasteiger partial charge is 0.351 e. The first kappa shape index (κ1) is 28.2. The molecule has 1 saturated heterocycles. The molecule has 3 aromatic carbocycles. The lowest BCUT2D eigenvalue weighted by Crippen LogP contribution is -2.51. The second-order valence-electron chi connectivity index (χ2n) is 9.66. The maximum atomic E-state index is 13.4. The van der Waals surface area contributed by atoms with Crippen LogP contribution in [-0.2, 0) is 18.9 Å². The topological polar surface area (TPSA) is 149 Å². The molecule has 4 aromatic rings. The van der Waals surface area contributed by atoms with Crippen molar-refractivity contribution in [2.45, 2.75) is 31.0 Å². The fourth-order valence-corrected chi connectivity index (χ4v) is 4.66. The van der Waals surface area contributed by atoms with Crippen molar-refractivity contribution in [3.63, 3.8) is 0 Å². The van der Waals surface area contributed by atoms with Crippen LogP contribution in [0.5, 0.6) is 0 Å². The average molecular weight is 570 g/mol. The molecule has 0 bridgehead atoms. The number of esters is 3. The van der Waals surface area contributed by atoms with Crippen LogP contribution in [0.4, 0.5) is 5.82 Å². The summed E-state index contributed by atoms with van der Waals surface area (Å²) < 4.78 is 24.7. The van der Waals surface area contributed by atoms with Crippen LogP contribution in [0.25, 0.3) is 0 Å². The molecule has 0 radical (unpaired) electrons. The van der Waals surface area contributed by atoms with Gasteiger partial charge in [0.2, 0.25) is 0 Å². The fraction of sp³-hybridized carbons (Fsp3) is 0.194. The van der Waals surface area contributed by atoms with Crippen LogP contribution in [0.15, 0.2) is 108 Å². The van der Waals surface area contributed by atoms with Gasteiger partial charge in [-0.1, -0.05) is 54.6 Å². The molecule has 4 atom stereocenters. The lowest BCUT2D eigenvalue weighted by atomic mass is 9.95. The number of anilines is 1. The zero-order valence-corrected chi connectivity index (χ0v) is 22.5. The van der Waals surface area contributed by atoms with Gasteiger partial charge in [0.25, 0.3) is 0 Å². The van der Waals surface area contributed by atoms with Gasteiger partial charge in [0, 0.05) is 6.20 Å². The number of ether oxygens (including phenoxy) is 4. The number of aromatic nitrogens is 2. The van der Waals surface area contributed by atoms with E-state index < -0.39 is 54.2 Å². The van der Waals surface area contributed by atoms with E-state index in [1.807, 2.05) is 0 Å². The van der Waals surface area contributed by atoms with Crippen molar-refractivity contribution in [2.24, 2.45) is 0 Å². The zero-order valence-electron chi connectivity index (χ0n) is 22.5. The molecule has 2 N–H and O–H groups in total. The van der Waals surface area contributed by atoms with E-state index >= 15 is 0 Å². The van der Waals surface area contributed by atoms with Crippen LogP contribution in [0.2, 0.25) is 0 Å². The van der Waals surface area contributed by atoms with E-state index in [1.165, 1.54) is 19.2 Å². The second kappa shape index (κ2) is 12.1. The Kier molecular flexibility index (Phi) is 8.12. The van der Waals surface area contributed by atoms with Crippen LogP contribution in [0.1, 0.15) is 44.2 Å². The highest BCUT2D eigenvalue weighted by atomic mass is 16.7. The van der Waals surface area contributed by atoms with Crippen molar-refractivity contribution in [1.29, 1.82) is 0 Å². The van der Waals surface area contributed by atoms with E-state index in [-0.39, 0.29) is 16.9 Å². The summed E-state index contributed by atoms with van der Waals surface area (Å²) in [6.45, 7) is 1.08. The number of nitrogens with two attached hydrogens (primary N) is 1. The molecule has 0 amide bonds. The van der Waals surface area contributed by atoms with Crippen LogP contribution in [-0.4, -0.2) is 51.9 Å². The Morgan fingerprint density at radius 3 is 1.90 bits per heavy atom. The number of nitrogens with zero attached hydrogens (tertiary/aromatic N) is 2. The Morgan fingerprint density at radius 1 is 0.833 bits per heavy atom. The fourth-order valence-electron chi connectivity index (χ4n) is 4.66. The minimum Gasteiger partial charge on any atom is -0.459 e. The van der Waals surface area contributed by atoms with Gasteiger partial charge in [0.05, 0.1) is 16.7 Å². The van der Waals surface area contributed by atoms with Gasteiger partial charge in [-0.2, -0.15) is 4.98 Å². The van der Waals surface area contributed by atoms with Gasteiger partial charge < -0.3 is 24.7 Å². The first-order chi connectivity index (χ1) is 20.3. The molecule has 214 valence electrons. The van der Waals surface area contributed by atoms with Crippen LogP contribution >= 0.6 is 0 Å². The molecule has 0 unspecified atom stereocenters. The number of hydrogen-bond acceptors (Lipinski definition) is 10. The predicted octanol–water partition coefficient (Wildman–Crippen LogP) is 3.42. The quantitative estimate of drug-likeness (QED) is 0.247. The minimum atomic E-state index is -1.80. The molecule has 42 heavy (non-hydrogen) atoms. The number of carbonyl (C=O) groups excluding carboxylic acids is 3. The lowest BCUT2D eigenvalue weighted by Gasteiger charge is -2.34. The maximum absolute atomic E-state index is 13.4. The summed E-state index contributed by atoms with van der Waals surface area (Å²) >= 11 is 0. The largest absolute Gasteiger partial charge is 0.459 e. The molecule has 0 saturated carbocycles. The van der Waals surface area contributed by atoms with Gasteiger partial charge in [-0.15, -0.1) is 0 Å². The van der Waals surface area contributed by atoms with E-state index in [0.29, 0.717) is 5.56 Å². The molecule has 0 spiro atoms. The molecule has 11 nitrogen and oxygen atoms in total. The molecule has 2 heterocycles. The summed E-state index contributed by atoms with van der Waals surface area (Å²) in [5.41, 5.74) is 3.83. The molecule has 1 aliphatic rings. The van der Waals surface area contributed by atoms with Crippen molar-refractivity contribution in [2.75, 3.05) is 12.3 Å². The molecule has 11 heteroatoms. The van der Waals surface area contributed by atoms with Gasteiger partial charge in [-0.25, -0.2) is 19.2 Å². The first-order valence-corrected chi connectivity index (χ1v) is 13.0. The monoisotopic (exact) mass is 569 g/mol. The summed E-state index contributed by atoms with van der Waals surface area (Å²) in [6, 6.07) is 26.0. The van der Waals surface area contributed by atoms with Crippen molar-refractivity contribution in [3.8, 4) is 0 Å². The summed E-state index contributed by atoms with van der Waals surface area (Å²) in [5, 5.41) is 0. The van der Waals surface area contributed by atoms with Crippen molar-refractivity contribution in [3.05, 3.63) is 130 Å². The zero-order chi connectivity index (χ0) is 29.7. The number of hydrogen-bond donors (Lipinski definition) is 1. The van der Waals surface area contributed by atoms with E-state index in [9.17, 15) is 19.2 Å². The number of benzene rings is 3. The van der Waals surface area contributed by atoms with Crippen molar-refractivity contribution in [1.82, 2.24) is 9.55 Å². The van der Waals surface area contributed by atoms with Crippen LogP contribution < -0.4 is 11.4 Å². The van der Waals surface area contributed by atoms with Gasteiger partial charge in [-0.3, -0.25) is 4.57 Å². The molecule has 1 fully saturated rings. The van der Waals surface area contributed by atoms with E-state index in [4.69, 9.17) is 24.7 Å². The Balaban J connectivity index is 1.54. The highest BCUT2D eigenvalue weighted by Crippen LogP contribution is 2.43. The highest BCUT2D eigenvalue weighted by molar-refractivity contribution is 5.91. The lowest BCUT2D eigenvalue weighted by molar-refractivity contribution is -0.111. The summed E-state index contributed by atoms with van der Waals surface area (Å²) in [5.74, 6) is -2.18. The van der Waals surface area contributed by atoms with Crippen molar-refractivity contribution < 1.29 is 33.3 Å². The van der Waals surface area contributed by atoms with Gasteiger partial charge in [0.1, 0.15) is 18.5 Å². The number of rotatable bonds is 8. The molecular weight excluding hydrogens is 542 g/mol. The van der Waals surface area contributed by atoms with E-state index in [1.54, 1.807) is 91.0 Å². The van der Waals surface area contributed by atoms with Gasteiger partial charge in [-0.05, 0) is 49.4 Å². The average Bonchev–Trinajstić information content (AvgIpc) is 3.27. The minimum absolute atomic E-state index is 0.0300. The molecule has 1 aromatic heterocycles. The summed E-state index contributed by atoms with van der Waals surface area (Å²) in [7, 11) is 0. The van der Waals surface area contributed by atoms with E-state index in [2.05, 4.69) is 4.98 Å². The molecular formula is C31H27N3O8. The third kappa shape index (κ3) is 5.91. The molecule has 0 aliphatic carbocycles. The second-order valence-corrected chi connectivity index (χ2v) is 9.66. The number of nitrogen functional groups attached to an aromatic ring is 1. The Labute approximate surface area is 240 Å². The normalized spacial score (nSPS) is 21.3. The Morgan fingerprint density at radius 2 is 1.36 bits per heavy atom. The molecule has 1 aliphatic heterocycles. The highest BCUT2D eigenvalue weighted by Gasteiger charge is 2.60. The number of carbonyl (C=O) groups is 3. The predicted molar refractivity (Wildman–Crippen MR) is 149 cm³/mol. The van der Waals surface area contributed by atoms with Crippen molar-refractivity contribution >= 4 is 23.7 Å². The summed E-state index contributed by atoms with van der Waals surface area (Å²) in [6.07, 6.45) is -2.51. The molecule has 5 rings (SSSR count). The van der Waals surface area contributed by atoms with Gasteiger partial charge >= 0.3 is 23.6 Å². The first-order valence-electron chi connectivity index (χ1n) is 13.0. The third-order valence-corrected chi connectivity index (χ3v) is 6.75. The summed E-state index contributed by atoms with van der Waals surface area (Å²) in [4.78, 5) is 56.1. The van der Waals surface area contributed by atoms with Crippen LogP contribution in [0.3, 0.4) is 0 Å².